The fourth-order valence-corrected chi connectivity index (χ4v) is 3.60. The van der Waals surface area contributed by atoms with Crippen LogP contribution in [0.3, 0.4) is 0 Å². The van der Waals surface area contributed by atoms with Crippen molar-refractivity contribution in [3.05, 3.63) is 35.8 Å². The topological polar surface area (TPSA) is 57.8 Å². The highest BCUT2D eigenvalue weighted by molar-refractivity contribution is 5.70. The van der Waals surface area contributed by atoms with E-state index >= 15 is 0 Å². The van der Waals surface area contributed by atoms with Crippen LogP contribution in [0.5, 0.6) is 0 Å². The van der Waals surface area contributed by atoms with Crippen LogP contribution in [-0.2, 0) is 11.3 Å². The Bertz CT molecular complexity index is 682. The first-order valence-corrected chi connectivity index (χ1v) is 7.88. The van der Waals surface area contributed by atoms with E-state index in [0.29, 0.717) is 12.8 Å². The van der Waals surface area contributed by atoms with Gasteiger partial charge in [-0.3, -0.25) is 9.69 Å². The Labute approximate surface area is 130 Å². The molecule has 1 aliphatic heterocycles. The number of hydrogen-bond donors (Lipinski definition) is 1. The molecule has 1 aliphatic rings. The number of carboxylic acid groups (broad SMARTS) is 1. The van der Waals surface area contributed by atoms with Crippen LogP contribution in [0, 0.1) is 12.8 Å². The van der Waals surface area contributed by atoms with Crippen LogP contribution in [-0.4, -0.2) is 37.4 Å². The summed E-state index contributed by atoms with van der Waals surface area (Å²) in [5.41, 5.74) is 3.18. The Morgan fingerprint density at radius 1 is 1.32 bits per heavy atom. The van der Waals surface area contributed by atoms with Crippen LogP contribution in [0.4, 0.5) is 0 Å². The predicted molar refractivity (Wildman–Crippen MR) is 84.8 cm³/mol. The fourth-order valence-electron chi connectivity index (χ4n) is 3.60. The number of pyridine rings is 1. The molecule has 0 spiro atoms. The number of likely N-dealkylation sites (tertiary alicyclic amines) is 1. The van der Waals surface area contributed by atoms with Crippen molar-refractivity contribution in [3.63, 3.8) is 0 Å². The SMILES string of the molecule is Cc1cccc2nc(CN3C(C)CC(C(=O)O)CC3C)cn12. The number of fused-ring (bicyclic) bond motifs is 1. The number of nitrogens with zero attached hydrogens (tertiary/aromatic N) is 3. The third-order valence-electron chi connectivity index (χ3n) is 4.82. The van der Waals surface area contributed by atoms with Crippen LogP contribution >= 0.6 is 0 Å². The van der Waals surface area contributed by atoms with E-state index in [-0.39, 0.29) is 18.0 Å². The number of hydrogen-bond acceptors (Lipinski definition) is 3. The van der Waals surface area contributed by atoms with E-state index in [1.54, 1.807) is 0 Å². The molecule has 1 saturated heterocycles. The third-order valence-corrected chi connectivity index (χ3v) is 4.82. The van der Waals surface area contributed by atoms with Gasteiger partial charge < -0.3 is 9.51 Å². The second-order valence-electron chi connectivity index (χ2n) is 6.50. The molecule has 5 nitrogen and oxygen atoms in total. The summed E-state index contributed by atoms with van der Waals surface area (Å²) < 4.78 is 2.11. The van der Waals surface area contributed by atoms with Crippen molar-refractivity contribution in [3.8, 4) is 0 Å². The summed E-state index contributed by atoms with van der Waals surface area (Å²) in [7, 11) is 0. The molecule has 5 heteroatoms. The summed E-state index contributed by atoms with van der Waals surface area (Å²) in [5, 5.41) is 9.24. The lowest BCUT2D eigenvalue weighted by Crippen LogP contribution is -2.47. The van der Waals surface area contributed by atoms with Crippen molar-refractivity contribution < 1.29 is 9.90 Å². The number of piperidine rings is 1. The Morgan fingerprint density at radius 2 is 2.00 bits per heavy atom. The molecule has 0 bridgehead atoms. The molecule has 3 heterocycles. The molecule has 22 heavy (non-hydrogen) atoms. The van der Waals surface area contributed by atoms with E-state index in [1.165, 1.54) is 5.69 Å². The van der Waals surface area contributed by atoms with Crippen molar-refractivity contribution in [1.82, 2.24) is 14.3 Å². The molecule has 0 aliphatic carbocycles. The molecule has 3 rings (SSSR count). The Kier molecular flexibility index (Phi) is 3.91. The standard InChI is InChI=1S/C17H23N3O2/c1-11-5-4-6-16-18-15(10-20(11)16)9-19-12(2)7-14(17(21)22)8-13(19)3/h4-6,10,12-14H,7-9H2,1-3H3,(H,21,22). The smallest absolute Gasteiger partial charge is 0.306 e. The summed E-state index contributed by atoms with van der Waals surface area (Å²) >= 11 is 0. The van der Waals surface area contributed by atoms with Gasteiger partial charge in [-0.15, -0.1) is 0 Å². The van der Waals surface area contributed by atoms with Crippen LogP contribution in [0.2, 0.25) is 0 Å². The number of aliphatic carboxylic acids is 1. The maximum atomic E-state index is 11.2. The first-order chi connectivity index (χ1) is 10.5. The second kappa shape index (κ2) is 5.72. The zero-order valence-electron chi connectivity index (χ0n) is 13.4. The molecule has 1 N–H and O–H groups in total. The lowest BCUT2D eigenvalue weighted by atomic mass is 9.87. The van der Waals surface area contributed by atoms with Gasteiger partial charge in [-0.25, -0.2) is 4.98 Å². The molecular weight excluding hydrogens is 278 g/mol. The quantitative estimate of drug-likeness (QED) is 0.947. The van der Waals surface area contributed by atoms with Crippen LogP contribution in [0.1, 0.15) is 38.1 Å². The van der Waals surface area contributed by atoms with Gasteiger partial charge in [-0.05, 0) is 45.7 Å². The monoisotopic (exact) mass is 301 g/mol. The van der Waals surface area contributed by atoms with Gasteiger partial charge >= 0.3 is 5.97 Å². The van der Waals surface area contributed by atoms with Gasteiger partial charge in [0.15, 0.2) is 0 Å². The predicted octanol–water partition coefficient (Wildman–Crippen LogP) is 2.72. The van der Waals surface area contributed by atoms with Crippen molar-refractivity contribution >= 4 is 11.6 Å². The highest BCUT2D eigenvalue weighted by Gasteiger charge is 2.34. The van der Waals surface area contributed by atoms with Gasteiger partial charge in [0.25, 0.3) is 0 Å². The van der Waals surface area contributed by atoms with E-state index in [0.717, 1.165) is 17.9 Å². The molecule has 1 fully saturated rings. The number of carboxylic acids is 1. The molecule has 0 aromatic carbocycles. The van der Waals surface area contributed by atoms with Crippen molar-refractivity contribution in [2.45, 2.75) is 52.2 Å². The van der Waals surface area contributed by atoms with Crippen molar-refractivity contribution in [2.75, 3.05) is 0 Å². The Balaban J connectivity index is 1.79. The zero-order chi connectivity index (χ0) is 15.9. The molecule has 2 aromatic rings. The molecular formula is C17H23N3O2. The van der Waals surface area contributed by atoms with Gasteiger partial charge in [0.05, 0.1) is 11.6 Å². The van der Waals surface area contributed by atoms with E-state index < -0.39 is 5.97 Å². The van der Waals surface area contributed by atoms with Gasteiger partial charge in [0.2, 0.25) is 0 Å². The van der Waals surface area contributed by atoms with Gasteiger partial charge in [-0.2, -0.15) is 0 Å². The van der Waals surface area contributed by atoms with Gasteiger partial charge in [0.1, 0.15) is 5.65 Å². The van der Waals surface area contributed by atoms with Gasteiger partial charge in [-0.1, -0.05) is 6.07 Å². The molecule has 0 amide bonds. The zero-order valence-corrected chi connectivity index (χ0v) is 13.4. The first-order valence-electron chi connectivity index (χ1n) is 7.88. The summed E-state index contributed by atoms with van der Waals surface area (Å²) in [6, 6.07) is 6.62. The number of aromatic nitrogens is 2. The normalized spacial score (nSPS) is 26.4. The summed E-state index contributed by atoms with van der Waals surface area (Å²) in [6.07, 6.45) is 3.52. The maximum Gasteiger partial charge on any atom is 0.306 e. The fraction of sp³-hybridized carbons (Fsp3) is 0.529. The van der Waals surface area contributed by atoms with E-state index in [4.69, 9.17) is 4.98 Å². The van der Waals surface area contributed by atoms with Gasteiger partial charge in [0, 0.05) is 30.5 Å². The second-order valence-corrected chi connectivity index (χ2v) is 6.50. The molecule has 0 saturated carbocycles. The average Bonchev–Trinajstić information content (AvgIpc) is 2.86. The van der Waals surface area contributed by atoms with Crippen molar-refractivity contribution in [2.24, 2.45) is 5.92 Å². The van der Waals surface area contributed by atoms with E-state index in [2.05, 4.69) is 42.3 Å². The van der Waals surface area contributed by atoms with Crippen LogP contribution in [0.15, 0.2) is 24.4 Å². The van der Waals surface area contributed by atoms with Crippen LogP contribution < -0.4 is 0 Å². The number of imidazole rings is 1. The number of rotatable bonds is 3. The Morgan fingerprint density at radius 3 is 2.59 bits per heavy atom. The minimum absolute atomic E-state index is 0.218. The largest absolute Gasteiger partial charge is 0.481 e. The maximum absolute atomic E-state index is 11.2. The summed E-state index contributed by atoms with van der Waals surface area (Å²) in [4.78, 5) is 18.3. The Hall–Kier alpha value is -1.88. The highest BCUT2D eigenvalue weighted by atomic mass is 16.4. The molecule has 0 radical (unpaired) electrons. The first kappa shape index (κ1) is 15.0. The van der Waals surface area contributed by atoms with E-state index in [9.17, 15) is 9.90 Å². The van der Waals surface area contributed by atoms with E-state index in [1.807, 2.05) is 12.1 Å². The summed E-state index contributed by atoms with van der Waals surface area (Å²) in [5.74, 6) is -0.883. The average molecular weight is 301 g/mol. The highest BCUT2D eigenvalue weighted by Crippen LogP contribution is 2.29. The number of carbonyl (C=O) groups is 1. The van der Waals surface area contributed by atoms with Crippen LogP contribution in [0.25, 0.3) is 5.65 Å². The number of aryl methyl sites for hydroxylation is 1. The lowest BCUT2D eigenvalue weighted by molar-refractivity contribution is -0.145. The lowest BCUT2D eigenvalue weighted by Gasteiger charge is -2.41. The molecule has 2 unspecified atom stereocenters. The summed E-state index contributed by atoms with van der Waals surface area (Å²) in [6.45, 7) is 7.08. The third kappa shape index (κ3) is 2.73. The minimum atomic E-state index is -0.665. The molecule has 2 aromatic heterocycles. The molecule has 118 valence electrons. The molecule has 2 atom stereocenters. The van der Waals surface area contributed by atoms with Crippen molar-refractivity contribution in [1.29, 1.82) is 0 Å². The minimum Gasteiger partial charge on any atom is -0.481 e.